The van der Waals surface area contributed by atoms with E-state index in [9.17, 15) is 18.0 Å². The second kappa shape index (κ2) is 7.72. The molecule has 2 aromatic carbocycles. The van der Waals surface area contributed by atoms with Crippen molar-refractivity contribution in [2.75, 3.05) is 17.4 Å². The van der Waals surface area contributed by atoms with Gasteiger partial charge in [0.15, 0.2) is 23.2 Å². The highest BCUT2D eigenvalue weighted by molar-refractivity contribution is 6.03. The Morgan fingerprint density at radius 1 is 1.12 bits per heavy atom. The minimum absolute atomic E-state index is 0.0771. The van der Waals surface area contributed by atoms with Crippen molar-refractivity contribution in [3.63, 3.8) is 0 Å². The molecule has 1 aromatic heterocycles. The van der Waals surface area contributed by atoms with Crippen molar-refractivity contribution in [3.05, 3.63) is 64.8 Å². The monoisotopic (exact) mass is 458 g/mol. The zero-order chi connectivity index (χ0) is 23.3. The molecule has 0 aliphatic carbocycles. The van der Waals surface area contributed by atoms with Gasteiger partial charge in [-0.1, -0.05) is 23.8 Å². The predicted octanol–water partition coefficient (Wildman–Crippen LogP) is 5.14. The van der Waals surface area contributed by atoms with Crippen LogP contribution in [0.15, 0.2) is 42.5 Å². The Labute approximate surface area is 187 Å². The van der Waals surface area contributed by atoms with Gasteiger partial charge in [0.25, 0.3) is 5.91 Å². The summed E-state index contributed by atoms with van der Waals surface area (Å²) in [7, 11) is 0. The molecule has 2 aliphatic rings. The number of amides is 1. The second-order valence-electron chi connectivity index (χ2n) is 8.23. The summed E-state index contributed by atoms with van der Waals surface area (Å²) in [6, 6.07) is 9.38. The third kappa shape index (κ3) is 3.96. The van der Waals surface area contributed by atoms with Crippen LogP contribution < -0.4 is 20.1 Å². The van der Waals surface area contributed by atoms with Gasteiger partial charge in [-0.3, -0.25) is 4.79 Å². The van der Waals surface area contributed by atoms with E-state index in [1.165, 1.54) is 6.07 Å². The number of carbonyl (C=O) groups is 1. The third-order valence-corrected chi connectivity index (χ3v) is 5.85. The summed E-state index contributed by atoms with van der Waals surface area (Å²) in [5.41, 5.74) is 2.99. The molecule has 5 rings (SSSR count). The first-order valence-corrected chi connectivity index (χ1v) is 10.4. The zero-order valence-electron chi connectivity index (χ0n) is 17.9. The van der Waals surface area contributed by atoms with Crippen LogP contribution in [0.5, 0.6) is 11.5 Å². The maximum absolute atomic E-state index is 13.9. The van der Waals surface area contributed by atoms with Gasteiger partial charge in [-0.2, -0.15) is 18.3 Å². The normalized spacial score (nSPS) is 19.1. The van der Waals surface area contributed by atoms with Gasteiger partial charge >= 0.3 is 6.18 Å². The molecule has 0 fully saturated rings. The number of hydrogen-bond acceptors (Lipinski definition) is 5. The molecule has 0 spiro atoms. The van der Waals surface area contributed by atoms with Crippen LogP contribution >= 0.6 is 0 Å². The Bertz CT molecular complexity index is 1240. The van der Waals surface area contributed by atoms with Gasteiger partial charge in [0, 0.05) is 18.2 Å². The third-order valence-electron chi connectivity index (χ3n) is 5.85. The first-order valence-electron chi connectivity index (χ1n) is 10.4. The molecular formula is C23H21F3N4O3. The molecule has 172 valence electrons. The summed E-state index contributed by atoms with van der Waals surface area (Å²) < 4.78 is 53.3. The van der Waals surface area contributed by atoms with Crippen molar-refractivity contribution in [2.45, 2.75) is 38.5 Å². The number of carbonyl (C=O) groups excluding carboxylic acids is 1. The molecule has 33 heavy (non-hydrogen) atoms. The van der Waals surface area contributed by atoms with Crippen LogP contribution in [0.25, 0.3) is 0 Å². The Balaban J connectivity index is 1.45. The summed E-state index contributed by atoms with van der Waals surface area (Å²) >= 11 is 0. The van der Waals surface area contributed by atoms with Crippen LogP contribution in [0.2, 0.25) is 0 Å². The fraction of sp³-hybridized carbons (Fsp3) is 0.304. The first kappa shape index (κ1) is 21.2. The lowest BCUT2D eigenvalue weighted by atomic mass is 9.96. The number of aryl methyl sites for hydroxylation is 2. The van der Waals surface area contributed by atoms with E-state index in [1.54, 1.807) is 24.3 Å². The molecule has 2 aliphatic heterocycles. The summed E-state index contributed by atoms with van der Waals surface area (Å²) in [6.07, 6.45) is -4.82. The average Bonchev–Trinajstić information content (AvgIpc) is 3.40. The predicted molar refractivity (Wildman–Crippen MR) is 115 cm³/mol. The number of fused-ring (bicyclic) bond motifs is 2. The fourth-order valence-corrected chi connectivity index (χ4v) is 4.17. The van der Waals surface area contributed by atoms with E-state index in [-0.39, 0.29) is 24.7 Å². The molecule has 0 saturated carbocycles. The number of aromatic nitrogens is 2. The zero-order valence-corrected chi connectivity index (χ0v) is 17.9. The standard InChI is InChI=1S/C23H21F3N4O3/c1-12-3-5-15(13(2)7-12)28-22(31)17-10-21-27-16(9-20(23(24,25)26)30(21)29-17)14-4-6-18-19(8-14)33-11-32-18/h3-8,10,16,20,27H,9,11H2,1-2H3,(H,28,31). The average molecular weight is 458 g/mol. The van der Waals surface area contributed by atoms with Gasteiger partial charge < -0.3 is 20.1 Å². The largest absolute Gasteiger partial charge is 0.454 e. The van der Waals surface area contributed by atoms with Crippen molar-refractivity contribution < 1.29 is 27.4 Å². The number of ether oxygens (including phenoxy) is 2. The molecule has 1 amide bonds. The van der Waals surface area contributed by atoms with Crippen LogP contribution in [0, 0.1) is 13.8 Å². The van der Waals surface area contributed by atoms with Gasteiger partial charge in [-0.25, -0.2) is 4.68 Å². The summed E-state index contributed by atoms with van der Waals surface area (Å²) in [5.74, 6) is 0.589. The maximum Gasteiger partial charge on any atom is 0.410 e. The van der Waals surface area contributed by atoms with Crippen molar-refractivity contribution in [2.24, 2.45) is 0 Å². The highest BCUT2D eigenvalue weighted by Crippen LogP contribution is 2.45. The first-order chi connectivity index (χ1) is 15.7. The summed E-state index contributed by atoms with van der Waals surface area (Å²) in [6.45, 7) is 3.85. The highest BCUT2D eigenvalue weighted by Gasteiger charge is 2.47. The van der Waals surface area contributed by atoms with Crippen LogP contribution in [0.1, 0.15) is 45.7 Å². The van der Waals surface area contributed by atoms with Gasteiger partial charge in [0.2, 0.25) is 6.79 Å². The van der Waals surface area contributed by atoms with Gasteiger partial charge in [-0.15, -0.1) is 0 Å². The number of alkyl halides is 3. The SMILES string of the molecule is Cc1ccc(NC(=O)c2cc3n(n2)C(C(F)(F)F)CC(c2ccc4c(c2)OCO4)N3)c(C)c1. The van der Waals surface area contributed by atoms with Crippen molar-refractivity contribution in [1.82, 2.24) is 9.78 Å². The van der Waals surface area contributed by atoms with E-state index < -0.39 is 24.2 Å². The molecule has 0 saturated heterocycles. The molecule has 7 nitrogen and oxygen atoms in total. The molecule has 0 radical (unpaired) electrons. The Morgan fingerprint density at radius 3 is 2.67 bits per heavy atom. The lowest BCUT2D eigenvalue weighted by Crippen LogP contribution is -2.35. The lowest BCUT2D eigenvalue weighted by Gasteiger charge is -2.33. The van der Waals surface area contributed by atoms with E-state index >= 15 is 0 Å². The number of hydrogen-bond donors (Lipinski definition) is 2. The summed E-state index contributed by atoms with van der Waals surface area (Å²) in [4.78, 5) is 12.8. The molecular weight excluding hydrogens is 437 g/mol. The lowest BCUT2D eigenvalue weighted by molar-refractivity contribution is -0.173. The number of nitrogens with one attached hydrogen (secondary N) is 2. The van der Waals surface area contributed by atoms with E-state index in [1.807, 2.05) is 26.0 Å². The van der Waals surface area contributed by atoms with Crippen LogP contribution in [-0.4, -0.2) is 28.7 Å². The van der Waals surface area contributed by atoms with Crippen molar-refractivity contribution >= 4 is 17.4 Å². The molecule has 3 aromatic rings. The summed E-state index contributed by atoms with van der Waals surface area (Å²) in [5, 5.41) is 9.83. The molecule has 10 heteroatoms. The van der Waals surface area contributed by atoms with Gasteiger partial charge in [0.1, 0.15) is 5.82 Å². The maximum atomic E-state index is 13.9. The number of benzene rings is 2. The quantitative estimate of drug-likeness (QED) is 0.568. The minimum atomic E-state index is -4.54. The topological polar surface area (TPSA) is 77.4 Å². The molecule has 2 unspecified atom stereocenters. The number of rotatable bonds is 3. The smallest absolute Gasteiger partial charge is 0.410 e. The van der Waals surface area contributed by atoms with Crippen LogP contribution in [0.4, 0.5) is 24.7 Å². The van der Waals surface area contributed by atoms with Crippen molar-refractivity contribution in [1.29, 1.82) is 0 Å². The minimum Gasteiger partial charge on any atom is -0.454 e. The fourth-order valence-electron chi connectivity index (χ4n) is 4.17. The van der Waals surface area contributed by atoms with Gasteiger partial charge in [0.05, 0.1) is 6.04 Å². The molecule has 0 bridgehead atoms. The van der Waals surface area contributed by atoms with E-state index in [2.05, 4.69) is 15.7 Å². The number of halogens is 3. The highest BCUT2D eigenvalue weighted by atomic mass is 19.4. The van der Waals surface area contributed by atoms with E-state index in [0.29, 0.717) is 22.7 Å². The second-order valence-corrected chi connectivity index (χ2v) is 8.23. The molecule has 2 atom stereocenters. The van der Waals surface area contributed by atoms with Crippen LogP contribution in [-0.2, 0) is 0 Å². The molecule has 2 N–H and O–H groups in total. The number of nitrogens with zero attached hydrogens (tertiary/aromatic N) is 2. The van der Waals surface area contributed by atoms with Gasteiger partial charge in [-0.05, 0) is 43.2 Å². The van der Waals surface area contributed by atoms with Crippen molar-refractivity contribution in [3.8, 4) is 11.5 Å². The Hall–Kier alpha value is -3.69. The van der Waals surface area contributed by atoms with Crippen LogP contribution in [0.3, 0.4) is 0 Å². The van der Waals surface area contributed by atoms with E-state index in [4.69, 9.17) is 9.47 Å². The number of anilines is 2. The van der Waals surface area contributed by atoms with E-state index in [0.717, 1.165) is 15.8 Å². The Morgan fingerprint density at radius 2 is 1.91 bits per heavy atom. The Kier molecular flexibility index (Phi) is 4.95. The molecule has 3 heterocycles.